The van der Waals surface area contributed by atoms with Crippen LogP contribution in [0.2, 0.25) is 0 Å². The van der Waals surface area contributed by atoms with Gasteiger partial charge in [-0.3, -0.25) is 19.4 Å². The molecule has 0 aliphatic heterocycles. The summed E-state index contributed by atoms with van der Waals surface area (Å²) < 4.78 is 2.06. The third kappa shape index (κ3) is 3.70. The topological polar surface area (TPSA) is 106 Å². The number of nitrogens with one attached hydrogen (secondary N) is 2. The highest BCUT2D eigenvalue weighted by atomic mass is 79.9. The predicted molar refractivity (Wildman–Crippen MR) is 82.7 cm³/mol. The van der Waals surface area contributed by atoms with Crippen LogP contribution in [0.15, 0.2) is 30.6 Å². The number of aryl methyl sites for hydroxylation is 1. The summed E-state index contributed by atoms with van der Waals surface area (Å²) in [6.07, 6.45) is 2.39. The molecule has 2 rings (SSSR count). The van der Waals surface area contributed by atoms with Gasteiger partial charge in [0.1, 0.15) is 17.2 Å². The van der Waals surface area contributed by atoms with Crippen molar-refractivity contribution in [1.82, 2.24) is 24.7 Å². The lowest BCUT2D eigenvalue weighted by Gasteiger charge is -2.10. The Morgan fingerprint density at radius 2 is 2.19 bits per heavy atom. The van der Waals surface area contributed by atoms with Crippen molar-refractivity contribution in [3.05, 3.63) is 31.5 Å². The summed E-state index contributed by atoms with van der Waals surface area (Å²) in [5.74, 6) is 0.670. The molecular formula is C11H13BrN6O2S. The first-order valence-electron chi connectivity index (χ1n) is 6.12. The molecule has 0 aromatic carbocycles. The fraction of sp³-hybridized carbons (Fsp3) is 0.364. The van der Waals surface area contributed by atoms with Crippen molar-refractivity contribution in [2.45, 2.75) is 23.5 Å². The standard InChI is InChI=1S/C11H13BrN6O2S/c1-3-4-13-7-6(12)10(15-5-14-7)21-11-16-8(19)9(20)17-18(11)2/h5H,3-4H2,1-2H3,(H,17,20)(H,13,14,15). The second-order valence-electron chi connectivity index (χ2n) is 4.07. The van der Waals surface area contributed by atoms with E-state index >= 15 is 0 Å². The molecule has 0 aliphatic carbocycles. The second-order valence-corrected chi connectivity index (χ2v) is 5.82. The summed E-state index contributed by atoms with van der Waals surface area (Å²) in [7, 11) is 1.60. The van der Waals surface area contributed by atoms with E-state index in [9.17, 15) is 9.59 Å². The van der Waals surface area contributed by atoms with Gasteiger partial charge in [0.05, 0.1) is 4.47 Å². The van der Waals surface area contributed by atoms with Gasteiger partial charge < -0.3 is 5.32 Å². The van der Waals surface area contributed by atoms with Gasteiger partial charge in [-0.25, -0.2) is 9.97 Å². The van der Waals surface area contributed by atoms with Crippen LogP contribution < -0.4 is 16.4 Å². The van der Waals surface area contributed by atoms with Gasteiger partial charge in [0.2, 0.25) is 0 Å². The second kappa shape index (κ2) is 6.85. The van der Waals surface area contributed by atoms with Gasteiger partial charge in [0.15, 0.2) is 5.16 Å². The summed E-state index contributed by atoms with van der Waals surface area (Å²) in [4.78, 5) is 34.5. The normalized spacial score (nSPS) is 10.6. The van der Waals surface area contributed by atoms with E-state index in [-0.39, 0.29) is 0 Å². The van der Waals surface area contributed by atoms with E-state index in [1.807, 2.05) is 0 Å². The first-order chi connectivity index (χ1) is 10.0. The molecule has 2 heterocycles. The Morgan fingerprint density at radius 3 is 2.90 bits per heavy atom. The molecule has 0 bridgehead atoms. The highest BCUT2D eigenvalue weighted by Crippen LogP contribution is 2.33. The molecule has 8 nitrogen and oxygen atoms in total. The van der Waals surface area contributed by atoms with Crippen molar-refractivity contribution in [2.24, 2.45) is 7.05 Å². The van der Waals surface area contributed by atoms with Crippen LogP contribution in [0.1, 0.15) is 13.3 Å². The Hall–Kier alpha value is -1.68. The molecule has 0 saturated heterocycles. The molecular weight excluding hydrogens is 360 g/mol. The number of hydrogen-bond donors (Lipinski definition) is 2. The maximum atomic E-state index is 11.3. The molecule has 0 atom stereocenters. The van der Waals surface area contributed by atoms with Gasteiger partial charge >= 0.3 is 11.1 Å². The number of rotatable bonds is 5. The molecule has 112 valence electrons. The van der Waals surface area contributed by atoms with Crippen LogP contribution in [0.4, 0.5) is 5.82 Å². The molecule has 2 aromatic heterocycles. The number of nitrogens with zero attached hydrogens (tertiary/aromatic N) is 4. The molecule has 0 radical (unpaired) electrons. The minimum atomic E-state index is -0.829. The fourth-order valence-electron chi connectivity index (χ4n) is 1.43. The maximum absolute atomic E-state index is 11.3. The minimum Gasteiger partial charge on any atom is -0.369 e. The van der Waals surface area contributed by atoms with Gasteiger partial charge in [-0.1, -0.05) is 6.92 Å². The van der Waals surface area contributed by atoms with Crippen LogP contribution >= 0.6 is 27.7 Å². The highest BCUT2D eigenvalue weighted by Gasteiger charge is 2.13. The Labute approximate surface area is 132 Å². The van der Waals surface area contributed by atoms with E-state index in [0.717, 1.165) is 24.7 Å². The van der Waals surface area contributed by atoms with E-state index in [0.29, 0.717) is 20.5 Å². The molecule has 0 spiro atoms. The molecule has 2 aromatic rings. The third-order valence-electron chi connectivity index (χ3n) is 2.44. The number of aromatic amines is 1. The third-order valence-corrected chi connectivity index (χ3v) is 4.50. The quantitative estimate of drug-likeness (QED) is 0.595. The minimum absolute atomic E-state index is 0.334. The van der Waals surface area contributed by atoms with Gasteiger partial charge in [0, 0.05) is 13.6 Å². The monoisotopic (exact) mass is 372 g/mol. The van der Waals surface area contributed by atoms with Gasteiger partial charge in [0.25, 0.3) is 0 Å². The summed E-state index contributed by atoms with van der Waals surface area (Å²) in [6.45, 7) is 2.84. The van der Waals surface area contributed by atoms with E-state index in [2.05, 4.69) is 48.2 Å². The number of H-pyrrole nitrogens is 1. The van der Waals surface area contributed by atoms with Crippen molar-refractivity contribution in [3.8, 4) is 0 Å². The molecule has 10 heteroatoms. The summed E-state index contributed by atoms with van der Waals surface area (Å²) in [6, 6.07) is 0. The average Bonchev–Trinajstić information content (AvgIpc) is 2.45. The first-order valence-corrected chi connectivity index (χ1v) is 7.73. The van der Waals surface area contributed by atoms with E-state index in [4.69, 9.17) is 0 Å². The van der Waals surface area contributed by atoms with Crippen LogP contribution in [0.5, 0.6) is 0 Å². The Bertz CT molecular complexity index is 759. The summed E-state index contributed by atoms with van der Waals surface area (Å²) in [5.41, 5.74) is -1.58. The van der Waals surface area contributed by atoms with Gasteiger partial charge in [-0.05, 0) is 34.1 Å². The zero-order chi connectivity index (χ0) is 15.4. The predicted octanol–water partition coefficient (Wildman–Crippen LogP) is 0.994. The number of aromatic nitrogens is 5. The number of hydrogen-bond acceptors (Lipinski definition) is 7. The number of anilines is 1. The molecule has 0 aliphatic rings. The lowest BCUT2D eigenvalue weighted by molar-refractivity contribution is 0.596. The molecule has 0 saturated carbocycles. The zero-order valence-corrected chi connectivity index (χ0v) is 13.8. The lowest BCUT2D eigenvalue weighted by atomic mass is 10.4. The van der Waals surface area contributed by atoms with E-state index in [1.54, 1.807) is 7.05 Å². The molecule has 2 N–H and O–H groups in total. The van der Waals surface area contributed by atoms with Gasteiger partial charge in [-0.2, -0.15) is 4.98 Å². The molecule has 0 unspecified atom stereocenters. The smallest absolute Gasteiger partial charge is 0.339 e. The highest BCUT2D eigenvalue weighted by molar-refractivity contribution is 9.10. The SMILES string of the molecule is CCCNc1ncnc(Sc2nc(=O)c(=O)[nH]n2C)c1Br. The van der Waals surface area contributed by atoms with Gasteiger partial charge in [-0.15, -0.1) is 0 Å². The van der Waals surface area contributed by atoms with Crippen molar-refractivity contribution in [2.75, 3.05) is 11.9 Å². The Morgan fingerprint density at radius 1 is 1.43 bits per heavy atom. The number of halogens is 1. The molecule has 21 heavy (non-hydrogen) atoms. The van der Waals surface area contributed by atoms with E-state index in [1.165, 1.54) is 11.0 Å². The zero-order valence-electron chi connectivity index (χ0n) is 11.4. The molecule has 0 amide bonds. The van der Waals surface area contributed by atoms with Crippen molar-refractivity contribution >= 4 is 33.5 Å². The molecule has 0 fully saturated rings. The largest absolute Gasteiger partial charge is 0.369 e. The van der Waals surface area contributed by atoms with Crippen molar-refractivity contribution in [3.63, 3.8) is 0 Å². The lowest BCUT2D eigenvalue weighted by Crippen LogP contribution is -2.33. The average molecular weight is 373 g/mol. The van der Waals surface area contributed by atoms with Crippen molar-refractivity contribution in [1.29, 1.82) is 0 Å². The van der Waals surface area contributed by atoms with Crippen molar-refractivity contribution < 1.29 is 0 Å². The fourth-order valence-corrected chi connectivity index (χ4v) is 2.79. The van der Waals surface area contributed by atoms with E-state index < -0.39 is 11.1 Å². The Balaban J connectivity index is 2.34. The first kappa shape index (κ1) is 15.7. The van der Waals surface area contributed by atoms with Crippen LogP contribution in [-0.2, 0) is 7.05 Å². The summed E-state index contributed by atoms with van der Waals surface area (Å²) >= 11 is 4.59. The summed E-state index contributed by atoms with van der Waals surface area (Å²) in [5, 5.41) is 6.48. The van der Waals surface area contributed by atoms with Crippen LogP contribution in [0, 0.1) is 0 Å². The van der Waals surface area contributed by atoms with Crippen LogP contribution in [-0.4, -0.2) is 31.3 Å². The maximum Gasteiger partial charge on any atom is 0.339 e. The van der Waals surface area contributed by atoms with Crippen LogP contribution in [0.25, 0.3) is 0 Å². The van der Waals surface area contributed by atoms with Crippen LogP contribution in [0.3, 0.4) is 0 Å². The Kier molecular flexibility index (Phi) is 5.12.